The highest BCUT2D eigenvalue weighted by Crippen LogP contribution is 2.29. The smallest absolute Gasteiger partial charge is 0.175 e. The van der Waals surface area contributed by atoms with E-state index in [9.17, 15) is 0 Å². The quantitative estimate of drug-likeness (QED) is 0.480. The van der Waals surface area contributed by atoms with E-state index in [1.54, 1.807) is 34.9 Å². The Hall–Kier alpha value is -0.220. The fourth-order valence-electron chi connectivity index (χ4n) is 0.889. The van der Waals surface area contributed by atoms with Crippen LogP contribution in [0.3, 0.4) is 0 Å². The number of rotatable bonds is 6. The van der Waals surface area contributed by atoms with Gasteiger partial charge in [-0.3, -0.25) is 0 Å². The molecule has 0 aliphatic carbocycles. The molecule has 0 bridgehead atoms. The molecular formula is C9H13N3S3. The van der Waals surface area contributed by atoms with Crippen molar-refractivity contribution in [3.8, 4) is 12.3 Å². The van der Waals surface area contributed by atoms with Gasteiger partial charge >= 0.3 is 0 Å². The second-order valence-corrected chi connectivity index (χ2v) is 6.52. The number of terminal acetylenes is 1. The van der Waals surface area contributed by atoms with Crippen LogP contribution >= 0.6 is 34.9 Å². The first-order chi connectivity index (χ1) is 7.26. The molecule has 0 spiro atoms. The van der Waals surface area contributed by atoms with Gasteiger partial charge in [0.05, 0.1) is 6.54 Å². The topological polar surface area (TPSA) is 37.8 Å². The van der Waals surface area contributed by atoms with Crippen LogP contribution in [0.4, 0.5) is 0 Å². The maximum atomic E-state index is 5.15. The van der Waals surface area contributed by atoms with Gasteiger partial charge in [0.2, 0.25) is 0 Å². The zero-order chi connectivity index (χ0) is 11.1. The summed E-state index contributed by atoms with van der Waals surface area (Å²) in [6, 6.07) is 0. The van der Waals surface area contributed by atoms with E-state index in [-0.39, 0.29) is 0 Å². The van der Waals surface area contributed by atoms with Crippen molar-refractivity contribution < 1.29 is 0 Å². The van der Waals surface area contributed by atoms with Crippen LogP contribution in [0.5, 0.6) is 0 Å². The first-order valence-corrected chi connectivity index (χ1v) is 7.36. The molecule has 1 heterocycles. The number of aromatic nitrogens is 2. The Morgan fingerprint density at radius 3 is 2.87 bits per heavy atom. The molecule has 1 aromatic rings. The molecule has 0 amide bonds. The van der Waals surface area contributed by atoms with E-state index in [0.717, 1.165) is 15.2 Å². The van der Waals surface area contributed by atoms with Crippen LogP contribution in [0.15, 0.2) is 8.68 Å². The summed E-state index contributed by atoms with van der Waals surface area (Å²) in [6.45, 7) is 3.66. The summed E-state index contributed by atoms with van der Waals surface area (Å²) in [7, 11) is 0. The first kappa shape index (κ1) is 12.8. The summed E-state index contributed by atoms with van der Waals surface area (Å²) in [5.41, 5.74) is 0. The highest BCUT2D eigenvalue weighted by molar-refractivity contribution is 8.03. The lowest BCUT2D eigenvalue weighted by atomic mass is 10.4. The zero-order valence-electron chi connectivity index (χ0n) is 8.69. The molecule has 15 heavy (non-hydrogen) atoms. The fraction of sp³-hybridized carbons (Fsp3) is 0.556. The Morgan fingerprint density at radius 2 is 2.27 bits per heavy atom. The van der Waals surface area contributed by atoms with Crippen molar-refractivity contribution in [2.24, 2.45) is 0 Å². The molecular weight excluding hydrogens is 246 g/mol. The lowest BCUT2D eigenvalue weighted by molar-refractivity contribution is 0.747. The number of nitrogens with zero attached hydrogens (tertiary/aromatic N) is 2. The van der Waals surface area contributed by atoms with Crippen LogP contribution in [0.1, 0.15) is 6.92 Å². The molecule has 1 unspecified atom stereocenters. The SMILES string of the molecule is C#CCNCC(C)Sc1nnc(SC)s1. The molecule has 0 fully saturated rings. The molecule has 1 N–H and O–H groups in total. The van der Waals surface area contributed by atoms with Crippen LogP contribution in [0.25, 0.3) is 0 Å². The van der Waals surface area contributed by atoms with Gasteiger partial charge in [-0.15, -0.1) is 16.6 Å². The second kappa shape index (κ2) is 7.12. The van der Waals surface area contributed by atoms with Gasteiger partial charge in [0.15, 0.2) is 8.68 Å². The summed E-state index contributed by atoms with van der Waals surface area (Å²) < 4.78 is 2.04. The number of hydrogen-bond acceptors (Lipinski definition) is 6. The third kappa shape index (κ3) is 4.89. The van der Waals surface area contributed by atoms with Crippen molar-refractivity contribution in [2.75, 3.05) is 19.3 Å². The molecule has 3 nitrogen and oxygen atoms in total. The van der Waals surface area contributed by atoms with Crippen molar-refractivity contribution in [1.29, 1.82) is 0 Å². The Labute approximate surface area is 103 Å². The van der Waals surface area contributed by atoms with E-state index in [4.69, 9.17) is 6.42 Å². The Bertz CT molecular complexity index is 332. The largest absolute Gasteiger partial charge is 0.305 e. The molecule has 1 rings (SSSR count). The molecule has 0 aliphatic rings. The maximum Gasteiger partial charge on any atom is 0.175 e. The van der Waals surface area contributed by atoms with Crippen molar-refractivity contribution in [2.45, 2.75) is 20.9 Å². The van der Waals surface area contributed by atoms with Crippen LogP contribution < -0.4 is 5.32 Å². The summed E-state index contributed by atoms with van der Waals surface area (Å²) in [5, 5.41) is 11.8. The lowest BCUT2D eigenvalue weighted by Crippen LogP contribution is -2.22. The Balaban J connectivity index is 2.31. The normalized spacial score (nSPS) is 12.3. The molecule has 0 radical (unpaired) electrons. The molecule has 6 heteroatoms. The van der Waals surface area contributed by atoms with E-state index >= 15 is 0 Å². The van der Waals surface area contributed by atoms with Crippen molar-refractivity contribution in [3.63, 3.8) is 0 Å². The molecule has 1 aromatic heterocycles. The van der Waals surface area contributed by atoms with Crippen molar-refractivity contribution in [1.82, 2.24) is 15.5 Å². The molecule has 0 aliphatic heterocycles. The average Bonchev–Trinajstić information content (AvgIpc) is 2.66. The van der Waals surface area contributed by atoms with Crippen LogP contribution in [0.2, 0.25) is 0 Å². The summed E-state index contributed by atoms with van der Waals surface area (Å²) in [6.07, 6.45) is 7.15. The van der Waals surface area contributed by atoms with Gasteiger partial charge < -0.3 is 5.32 Å². The first-order valence-electron chi connectivity index (χ1n) is 4.44. The van der Waals surface area contributed by atoms with Gasteiger partial charge in [-0.2, -0.15) is 0 Å². The third-order valence-corrected chi connectivity index (χ3v) is 4.61. The Kier molecular flexibility index (Phi) is 6.10. The summed E-state index contributed by atoms with van der Waals surface area (Å²) in [5.74, 6) is 2.55. The molecule has 0 aromatic carbocycles. The van der Waals surface area contributed by atoms with E-state index in [1.807, 2.05) is 6.26 Å². The highest BCUT2D eigenvalue weighted by atomic mass is 32.2. The minimum absolute atomic E-state index is 0.459. The van der Waals surface area contributed by atoms with E-state index in [2.05, 4.69) is 28.4 Å². The van der Waals surface area contributed by atoms with Gasteiger partial charge in [0, 0.05) is 11.8 Å². The minimum Gasteiger partial charge on any atom is -0.305 e. The van der Waals surface area contributed by atoms with Gasteiger partial charge in [0.25, 0.3) is 0 Å². The molecule has 1 atom stereocenters. The predicted octanol–water partition coefficient (Wildman–Crippen LogP) is 1.96. The van der Waals surface area contributed by atoms with Crippen LogP contribution in [-0.4, -0.2) is 34.8 Å². The zero-order valence-corrected chi connectivity index (χ0v) is 11.1. The van der Waals surface area contributed by atoms with Crippen molar-refractivity contribution in [3.05, 3.63) is 0 Å². The van der Waals surface area contributed by atoms with Gasteiger partial charge in [-0.25, -0.2) is 0 Å². The van der Waals surface area contributed by atoms with E-state index in [0.29, 0.717) is 11.8 Å². The molecule has 0 saturated heterocycles. The van der Waals surface area contributed by atoms with Crippen molar-refractivity contribution >= 4 is 34.9 Å². The monoisotopic (exact) mass is 259 g/mol. The second-order valence-electron chi connectivity index (χ2n) is 2.80. The van der Waals surface area contributed by atoms with Gasteiger partial charge in [0.1, 0.15) is 0 Å². The molecule has 82 valence electrons. The number of nitrogens with one attached hydrogen (secondary N) is 1. The average molecular weight is 259 g/mol. The number of hydrogen-bond donors (Lipinski definition) is 1. The predicted molar refractivity (Wildman–Crippen MR) is 68.7 cm³/mol. The fourth-order valence-corrected chi connectivity index (χ4v) is 3.61. The number of thioether (sulfide) groups is 2. The third-order valence-electron chi connectivity index (χ3n) is 1.52. The Morgan fingerprint density at radius 1 is 1.53 bits per heavy atom. The van der Waals surface area contributed by atoms with Gasteiger partial charge in [-0.05, 0) is 6.26 Å². The standard InChI is InChI=1S/C9H13N3S3/c1-4-5-10-6-7(2)14-9-12-11-8(13-3)15-9/h1,7,10H,5-6H2,2-3H3. The maximum absolute atomic E-state index is 5.15. The van der Waals surface area contributed by atoms with Crippen LogP contribution in [-0.2, 0) is 0 Å². The van der Waals surface area contributed by atoms with E-state index in [1.165, 1.54) is 0 Å². The summed E-state index contributed by atoms with van der Waals surface area (Å²) >= 11 is 4.99. The lowest BCUT2D eigenvalue weighted by Gasteiger charge is -2.07. The minimum atomic E-state index is 0.459. The van der Waals surface area contributed by atoms with E-state index < -0.39 is 0 Å². The van der Waals surface area contributed by atoms with Gasteiger partial charge in [-0.1, -0.05) is 47.7 Å². The molecule has 0 saturated carbocycles. The highest BCUT2D eigenvalue weighted by Gasteiger charge is 2.08. The van der Waals surface area contributed by atoms with Crippen LogP contribution in [0, 0.1) is 12.3 Å². The summed E-state index contributed by atoms with van der Waals surface area (Å²) in [4.78, 5) is 0.